The molecule has 0 saturated carbocycles. The number of hydrogen-bond donors (Lipinski definition) is 2. The summed E-state index contributed by atoms with van der Waals surface area (Å²) < 4.78 is 13.4. The molecule has 1 aliphatic heterocycles. The predicted molar refractivity (Wildman–Crippen MR) is 141 cm³/mol. The van der Waals surface area contributed by atoms with Gasteiger partial charge in [-0.1, -0.05) is 41.4 Å². The molecule has 2 aromatic carbocycles. The number of piperidine rings is 1. The van der Waals surface area contributed by atoms with Crippen molar-refractivity contribution in [2.45, 2.75) is 50.6 Å². The second-order valence-corrected chi connectivity index (χ2v) is 10.5. The van der Waals surface area contributed by atoms with Crippen molar-refractivity contribution in [1.82, 2.24) is 15.1 Å². The average molecular weight is 538 g/mol. The fraction of sp³-hybridized carbons (Fsp3) is 0.481. The number of hydrogen-bond acceptors (Lipinski definition) is 4. The molecule has 1 aliphatic rings. The molecule has 196 valence electrons. The predicted octanol–water partition coefficient (Wildman–Crippen LogP) is 4.57. The van der Waals surface area contributed by atoms with Crippen LogP contribution in [-0.2, 0) is 15.0 Å². The van der Waals surface area contributed by atoms with Crippen LogP contribution < -0.4 is 5.32 Å². The van der Waals surface area contributed by atoms with Gasteiger partial charge in [0.25, 0.3) is 0 Å². The minimum Gasteiger partial charge on any atom is -0.394 e. The van der Waals surface area contributed by atoms with Crippen molar-refractivity contribution in [2.24, 2.45) is 0 Å². The lowest BCUT2D eigenvalue weighted by molar-refractivity contribution is -0.131. The molecule has 0 aromatic heterocycles. The lowest BCUT2D eigenvalue weighted by Crippen LogP contribution is -2.48. The van der Waals surface area contributed by atoms with Gasteiger partial charge in [-0.3, -0.25) is 9.59 Å². The number of likely N-dealkylation sites (tertiary alicyclic amines) is 1. The maximum absolute atomic E-state index is 13.7. The van der Waals surface area contributed by atoms with Crippen LogP contribution in [0.15, 0.2) is 42.5 Å². The number of carbonyl (C=O) groups excluding carboxylic acids is 2. The van der Waals surface area contributed by atoms with Crippen LogP contribution in [0.4, 0.5) is 4.39 Å². The Morgan fingerprint density at radius 1 is 1.17 bits per heavy atom. The molecule has 3 rings (SSSR count). The molecule has 0 spiro atoms. The number of benzene rings is 2. The van der Waals surface area contributed by atoms with E-state index in [4.69, 9.17) is 23.2 Å². The highest BCUT2D eigenvalue weighted by molar-refractivity contribution is 6.42. The molecular formula is C27H34Cl2FN3O3. The van der Waals surface area contributed by atoms with E-state index in [0.717, 1.165) is 31.5 Å². The zero-order valence-electron chi connectivity index (χ0n) is 20.9. The molecule has 9 heteroatoms. The van der Waals surface area contributed by atoms with Crippen molar-refractivity contribution in [3.05, 3.63) is 69.5 Å². The standard InChI is InChI=1S/C27H34Cl2FN3O3/c1-18(35)32(3)22-10-13-33(14-11-22)15-12-27(2,20-6-9-23(28)24(29)16-20)26(36)31-25(17-34)19-4-7-21(30)8-5-19/h4-9,16,22,25,34H,10-15,17H2,1-3H3,(H,31,36)/t25-,27?/m1/s1. The van der Waals surface area contributed by atoms with E-state index in [9.17, 15) is 19.1 Å². The SMILES string of the molecule is CC(=O)N(C)C1CCN(CCC(C)(C(=O)N[C@H](CO)c2ccc(F)cc2)c2ccc(Cl)c(Cl)c2)CC1. The van der Waals surface area contributed by atoms with Gasteiger partial charge >= 0.3 is 0 Å². The average Bonchev–Trinajstić information content (AvgIpc) is 2.87. The van der Waals surface area contributed by atoms with E-state index < -0.39 is 11.5 Å². The van der Waals surface area contributed by atoms with Gasteiger partial charge in [-0.05, 0) is 68.1 Å². The molecule has 0 aliphatic carbocycles. The third kappa shape index (κ3) is 6.76. The number of nitrogens with one attached hydrogen (secondary N) is 1. The molecule has 1 unspecified atom stereocenters. The van der Waals surface area contributed by atoms with Crippen molar-refractivity contribution in [3.63, 3.8) is 0 Å². The first-order chi connectivity index (χ1) is 17.0. The lowest BCUT2D eigenvalue weighted by Gasteiger charge is -2.38. The van der Waals surface area contributed by atoms with Crippen molar-refractivity contribution in [3.8, 4) is 0 Å². The Kier molecular flexibility index (Phi) is 9.75. The minimum absolute atomic E-state index is 0.0666. The van der Waals surface area contributed by atoms with Crippen molar-refractivity contribution in [1.29, 1.82) is 0 Å². The highest BCUT2D eigenvalue weighted by Crippen LogP contribution is 2.34. The molecule has 1 heterocycles. The second-order valence-electron chi connectivity index (χ2n) is 9.67. The molecule has 36 heavy (non-hydrogen) atoms. The molecule has 6 nitrogen and oxygen atoms in total. The number of aliphatic hydroxyl groups is 1. The summed E-state index contributed by atoms with van der Waals surface area (Å²) in [7, 11) is 1.84. The lowest BCUT2D eigenvalue weighted by atomic mass is 9.78. The summed E-state index contributed by atoms with van der Waals surface area (Å²) in [5.74, 6) is -0.590. The maximum Gasteiger partial charge on any atom is 0.230 e. The van der Waals surface area contributed by atoms with Gasteiger partial charge in [0.15, 0.2) is 0 Å². The summed E-state index contributed by atoms with van der Waals surface area (Å²) in [6, 6.07) is 10.4. The summed E-state index contributed by atoms with van der Waals surface area (Å²) in [4.78, 5) is 29.5. The molecule has 2 aromatic rings. The van der Waals surface area contributed by atoms with Gasteiger partial charge in [-0.15, -0.1) is 0 Å². The molecule has 2 N–H and O–H groups in total. The van der Waals surface area contributed by atoms with E-state index in [1.54, 1.807) is 42.2 Å². The van der Waals surface area contributed by atoms with Crippen LogP contribution in [0.1, 0.15) is 50.3 Å². The van der Waals surface area contributed by atoms with E-state index in [1.165, 1.54) is 12.1 Å². The van der Waals surface area contributed by atoms with Crippen LogP contribution in [0.5, 0.6) is 0 Å². The Hall–Kier alpha value is -2.19. The minimum atomic E-state index is -0.964. The zero-order chi connectivity index (χ0) is 26.5. The van der Waals surface area contributed by atoms with Crippen molar-refractivity contribution < 1.29 is 19.1 Å². The highest BCUT2D eigenvalue weighted by atomic mass is 35.5. The fourth-order valence-electron chi connectivity index (χ4n) is 4.64. The number of amides is 2. The highest BCUT2D eigenvalue weighted by Gasteiger charge is 2.37. The first-order valence-corrected chi connectivity index (χ1v) is 12.9. The monoisotopic (exact) mass is 537 g/mol. The summed E-state index contributed by atoms with van der Waals surface area (Å²) in [6.45, 7) is 5.44. The molecule has 2 atom stereocenters. The maximum atomic E-state index is 13.7. The number of nitrogens with zero attached hydrogens (tertiary/aromatic N) is 2. The zero-order valence-corrected chi connectivity index (χ0v) is 22.4. The van der Waals surface area contributed by atoms with Crippen LogP contribution in [0.25, 0.3) is 0 Å². The topological polar surface area (TPSA) is 72.9 Å². The fourth-order valence-corrected chi connectivity index (χ4v) is 4.94. The largest absolute Gasteiger partial charge is 0.394 e. The van der Waals surface area contributed by atoms with Crippen LogP contribution in [-0.4, -0.2) is 66.1 Å². The van der Waals surface area contributed by atoms with Crippen molar-refractivity contribution in [2.75, 3.05) is 33.3 Å². The first kappa shape index (κ1) is 28.4. The number of halogens is 3. The summed E-state index contributed by atoms with van der Waals surface area (Å²) in [6.07, 6.45) is 2.26. The van der Waals surface area contributed by atoms with Crippen LogP contribution in [0.3, 0.4) is 0 Å². The number of carbonyl (C=O) groups is 2. The summed E-state index contributed by atoms with van der Waals surface area (Å²) in [5, 5.41) is 13.7. The number of rotatable bonds is 9. The Morgan fingerprint density at radius 3 is 2.36 bits per heavy atom. The summed E-state index contributed by atoms with van der Waals surface area (Å²) in [5.41, 5.74) is 0.367. The van der Waals surface area contributed by atoms with E-state index in [-0.39, 0.29) is 30.3 Å². The van der Waals surface area contributed by atoms with Gasteiger partial charge in [-0.25, -0.2) is 4.39 Å². The third-order valence-corrected chi connectivity index (χ3v) is 8.09. The Bertz CT molecular complexity index is 1060. The van der Waals surface area contributed by atoms with E-state index in [1.807, 2.05) is 14.0 Å². The van der Waals surface area contributed by atoms with E-state index in [0.29, 0.717) is 28.6 Å². The number of aliphatic hydroxyl groups excluding tert-OH is 1. The Morgan fingerprint density at radius 2 is 1.81 bits per heavy atom. The van der Waals surface area contributed by atoms with Gasteiger partial charge in [-0.2, -0.15) is 0 Å². The molecule has 0 radical (unpaired) electrons. The Labute approximate surface area is 222 Å². The van der Waals surface area contributed by atoms with Crippen molar-refractivity contribution >= 4 is 35.0 Å². The molecular weight excluding hydrogens is 504 g/mol. The van der Waals surface area contributed by atoms with Gasteiger partial charge < -0.3 is 20.2 Å². The van der Waals surface area contributed by atoms with E-state index in [2.05, 4.69) is 10.2 Å². The Balaban J connectivity index is 1.77. The van der Waals surface area contributed by atoms with Crippen LogP contribution >= 0.6 is 23.2 Å². The second kappa shape index (κ2) is 12.4. The van der Waals surface area contributed by atoms with Gasteiger partial charge in [0.1, 0.15) is 5.82 Å². The third-order valence-electron chi connectivity index (χ3n) is 7.35. The molecule has 0 bridgehead atoms. The van der Waals surface area contributed by atoms with Crippen LogP contribution in [0.2, 0.25) is 10.0 Å². The van der Waals surface area contributed by atoms with Gasteiger partial charge in [0.2, 0.25) is 11.8 Å². The van der Waals surface area contributed by atoms with E-state index >= 15 is 0 Å². The van der Waals surface area contributed by atoms with Crippen LogP contribution in [0, 0.1) is 5.82 Å². The van der Waals surface area contributed by atoms with Gasteiger partial charge in [0, 0.05) is 33.1 Å². The smallest absolute Gasteiger partial charge is 0.230 e. The quantitative estimate of drug-likeness (QED) is 0.491. The molecule has 1 saturated heterocycles. The molecule has 1 fully saturated rings. The molecule has 2 amide bonds. The summed E-state index contributed by atoms with van der Waals surface area (Å²) >= 11 is 12.4. The van der Waals surface area contributed by atoms with Gasteiger partial charge in [0.05, 0.1) is 28.1 Å². The normalized spacial score (nSPS) is 17.3. The first-order valence-electron chi connectivity index (χ1n) is 12.1.